The molecule has 0 bridgehead atoms. The molecule has 4 heterocycles. The summed E-state index contributed by atoms with van der Waals surface area (Å²) in [6, 6.07) is 10.2. The van der Waals surface area contributed by atoms with Crippen molar-refractivity contribution in [3.8, 4) is 17.3 Å². The molecule has 1 aromatic carbocycles. The number of piperidine rings is 1. The second-order valence-corrected chi connectivity index (χ2v) is 9.41. The maximum atomic E-state index is 13.0. The number of allylic oxidation sites excluding steroid dienone is 1. The Bertz CT molecular complexity index is 1550. The summed E-state index contributed by atoms with van der Waals surface area (Å²) < 4.78 is 40.8. The summed E-state index contributed by atoms with van der Waals surface area (Å²) in [5.41, 5.74) is 2.56. The van der Waals surface area contributed by atoms with Crippen molar-refractivity contribution in [1.29, 1.82) is 5.26 Å². The van der Waals surface area contributed by atoms with E-state index in [9.17, 15) is 28.0 Å². The number of anilines is 1. The lowest BCUT2D eigenvalue weighted by Crippen LogP contribution is -2.40. The van der Waals surface area contributed by atoms with Gasteiger partial charge in [-0.2, -0.15) is 23.5 Å². The van der Waals surface area contributed by atoms with Gasteiger partial charge in [-0.05, 0) is 43.2 Å². The molecule has 2 amide bonds. The molecular formula is C28H24F3N7O2. The number of carbonyl (C=O) groups excluding carboxylic acids is 2. The number of fused-ring (bicyclic) bond motifs is 1. The van der Waals surface area contributed by atoms with Crippen LogP contribution in [0.2, 0.25) is 0 Å². The lowest BCUT2D eigenvalue weighted by Gasteiger charge is -2.33. The highest BCUT2D eigenvalue weighted by molar-refractivity contribution is 6.04. The highest BCUT2D eigenvalue weighted by Gasteiger charge is 2.32. The average Bonchev–Trinajstić information content (AvgIpc) is 3.36. The van der Waals surface area contributed by atoms with Crippen LogP contribution in [0.1, 0.15) is 46.1 Å². The molecule has 2 N–H and O–H groups in total. The van der Waals surface area contributed by atoms with Crippen molar-refractivity contribution in [3.63, 3.8) is 0 Å². The zero-order valence-corrected chi connectivity index (χ0v) is 21.2. The van der Waals surface area contributed by atoms with Gasteiger partial charge in [0.15, 0.2) is 0 Å². The number of hydrogen-bond acceptors (Lipinski definition) is 6. The first-order valence-corrected chi connectivity index (χ1v) is 12.5. The highest BCUT2D eigenvalue weighted by Crippen LogP contribution is 2.36. The fraction of sp³-hybridized carbons (Fsp3) is 0.250. The van der Waals surface area contributed by atoms with Gasteiger partial charge in [0.05, 0.1) is 28.6 Å². The largest absolute Gasteiger partial charge is 0.416 e. The first-order valence-electron chi connectivity index (χ1n) is 12.5. The van der Waals surface area contributed by atoms with Crippen LogP contribution in [0.5, 0.6) is 0 Å². The van der Waals surface area contributed by atoms with E-state index in [1.807, 2.05) is 4.68 Å². The molecule has 1 saturated heterocycles. The number of aromatic nitrogens is 3. The van der Waals surface area contributed by atoms with E-state index >= 15 is 0 Å². The number of halogens is 3. The number of alkyl halides is 3. The third-order valence-electron chi connectivity index (χ3n) is 6.89. The minimum absolute atomic E-state index is 0.139. The van der Waals surface area contributed by atoms with Gasteiger partial charge >= 0.3 is 6.18 Å². The van der Waals surface area contributed by atoms with Gasteiger partial charge in [-0.1, -0.05) is 18.7 Å². The standard InChI is InChI=1S/C28H24F3N7O2/c1-2-24(39)37-11-3-4-21(16-37)38-26-19(13-32)14-33-15-22(26)25(36-38)17-5-7-18(8-6-17)27(40)35-23-12-20(9-10-34-23)28(29,30)31/h2,5-10,12,14,21,33H,1,3-4,11,15-16H2,(H,34,35,40)/t21-/m1/s1. The number of rotatable bonds is 5. The molecule has 12 heteroatoms. The molecule has 40 heavy (non-hydrogen) atoms. The molecule has 0 aliphatic carbocycles. The molecule has 1 fully saturated rings. The minimum Gasteiger partial charge on any atom is -0.386 e. The number of hydrogen-bond donors (Lipinski definition) is 2. The number of benzene rings is 1. The minimum atomic E-state index is -4.56. The number of amides is 2. The van der Waals surface area contributed by atoms with E-state index in [1.54, 1.807) is 35.4 Å². The van der Waals surface area contributed by atoms with E-state index < -0.39 is 17.6 Å². The number of nitrogens with zero attached hydrogens (tertiary/aromatic N) is 5. The Morgan fingerprint density at radius 2 is 2.00 bits per heavy atom. The van der Waals surface area contributed by atoms with Gasteiger partial charge in [0.2, 0.25) is 5.91 Å². The maximum absolute atomic E-state index is 13.0. The van der Waals surface area contributed by atoms with Crippen molar-refractivity contribution in [1.82, 2.24) is 25.0 Å². The summed E-state index contributed by atoms with van der Waals surface area (Å²) in [6.45, 7) is 5.07. The summed E-state index contributed by atoms with van der Waals surface area (Å²) in [4.78, 5) is 30.5. The summed E-state index contributed by atoms with van der Waals surface area (Å²) in [5, 5.41) is 20.2. The van der Waals surface area contributed by atoms with Crippen LogP contribution in [-0.4, -0.2) is 44.6 Å². The molecule has 1 atom stereocenters. The number of likely N-dealkylation sites (tertiary alicyclic amines) is 1. The van der Waals surface area contributed by atoms with E-state index in [-0.39, 0.29) is 23.3 Å². The number of nitrogens with one attached hydrogen (secondary N) is 2. The molecule has 0 radical (unpaired) electrons. The molecule has 2 aliphatic heterocycles. The van der Waals surface area contributed by atoms with Gasteiger partial charge < -0.3 is 15.5 Å². The zero-order valence-electron chi connectivity index (χ0n) is 21.2. The third kappa shape index (κ3) is 5.18. The quantitative estimate of drug-likeness (QED) is 0.454. The first kappa shape index (κ1) is 26.7. The van der Waals surface area contributed by atoms with E-state index in [1.165, 1.54) is 6.08 Å². The molecule has 9 nitrogen and oxygen atoms in total. The molecular weight excluding hydrogens is 523 g/mol. The maximum Gasteiger partial charge on any atom is 0.416 e. The van der Waals surface area contributed by atoms with Gasteiger partial charge in [-0.3, -0.25) is 14.3 Å². The summed E-state index contributed by atoms with van der Waals surface area (Å²) in [6.07, 6.45) is 0.926. The topological polar surface area (TPSA) is 116 Å². The van der Waals surface area contributed by atoms with Crippen LogP contribution < -0.4 is 10.6 Å². The van der Waals surface area contributed by atoms with Gasteiger partial charge in [0.1, 0.15) is 11.9 Å². The summed E-state index contributed by atoms with van der Waals surface area (Å²) in [5.74, 6) is -0.982. The first-order chi connectivity index (χ1) is 19.2. The lowest BCUT2D eigenvalue weighted by atomic mass is 9.98. The van der Waals surface area contributed by atoms with E-state index in [0.29, 0.717) is 42.2 Å². The second-order valence-electron chi connectivity index (χ2n) is 9.41. The van der Waals surface area contributed by atoms with Crippen LogP contribution >= 0.6 is 0 Å². The van der Waals surface area contributed by atoms with Crippen molar-refractivity contribution in [2.24, 2.45) is 0 Å². The van der Waals surface area contributed by atoms with Crippen LogP contribution in [0.4, 0.5) is 19.0 Å². The van der Waals surface area contributed by atoms with Crippen molar-refractivity contribution in [3.05, 3.63) is 83.8 Å². The third-order valence-corrected chi connectivity index (χ3v) is 6.89. The molecule has 204 valence electrons. The lowest BCUT2D eigenvalue weighted by molar-refractivity contribution is -0.137. The molecule has 0 saturated carbocycles. The Balaban J connectivity index is 1.43. The smallest absolute Gasteiger partial charge is 0.386 e. The number of nitriles is 1. The fourth-order valence-corrected chi connectivity index (χ4v) is 4.95. The number of carbonyl (C=O) groups is 2. The van der Waals surface area contributed by atoms with E-state index in [4.69, 9.17) is 5.10 Å². The van der Waals surface area contributed by atoms with Gasteiger partial charge in [0.25, 0.3) is 5.91 Å². The Labute approximate surface area is 227 Å². The van der Waals surface area contributed by atoms with Crippen molar-refractivity contribution < 1.29 is 22.8 Å². The van der Waals surface area contributed by atoms with Crippen LogP contribution in [0.15, 0.2) is 61.4 Å². The van der Waals surface area contributed by atoms with Crippen LogP contribution in [0.25, 0.3) is 16.8 Å². The predicted molar refractivity (Wildman–Crippen MR) is 140 cm³/mol. The Kier molecular flexibility index (Phi) is 7.13. The summed E-state index contributed by atoms with van der Waals surface area (Å²) in [7, 11) is 0. The molecule has 0 spiro atoms. The fourth-order valence-electron chi connectivity index (χ4n) is 4.95. The number of pyridine rings is 1. The molecule has 2 aliphatic rings. The van der Waals surface area contributed by atoms with Crippen LogP contribution in [-0.2, 0) is 17.5 Å². The van der Waals surface area contributed by atoms with Crippen molar-refractivity contribution in [2.45, 2.75) is 31.6 Å². The van der Waals surface area contributed by atoms with Crippen LogP contribution in [0.3, 0.4) is 0 Å². The highest BCUT2D eigenvalue weighted by atomic mass is 19.4. The normalized spacial score (nSPS) is 16.7. The van der Waals surface area contributed by atoms with E-state index in [2.05, 4.69) is 28.3 Å². The van der Waals surface area contributed by atoms with E-state index in [0.717, 1.165) is 36.7 Å². The van der Waals surface area contributed by atoms with Crippen molar-refractivity contribution in [2.75, 3.05) is 18.4 Å². The Morgan fingerprint density at radius 1 is 1.23 bits per heavy atom. The van der Waals surface area contributed by atoms with Crippen molar-refractivity contribution >= 4 is 23.2 Å². The Hall–Kier alpha value is -4.92. The Morgan fingerprint density at radius 3 is 2.70 bits per heavy atom. The molecule has 3 aromatic rings. The molecule has 0 unspecified atom stereocenters. The van der Waals surface area contributed by atoms with Gasteiger partial charge in [0, 0.05) is 48.7 Å². The van der Waals surface area contributed by atoms with Gasteiger partial charge in [-0.15, -0.1) is 0 Å². The van der Waals surface area contributed by atoms with Gasteiger partial charge in [-0.25, -0.2) is 4.98 Å². The monoisotopic (exact) mass is 547 g/mol. The van der Waals surface area contributed by atoms with Crippen LogP contribution in [0, 0.1) is 11.3 Å². The summed E-state index contributed by atoms with van der Waals surface area (Å²) >= 11 is 0. The average molecular weight is 548 g/mol. The predicted octanol–water partition coefficient (Wildman–Crippen LogP) is 4.53. The molecule has 2 aromatic heterocycles. The second kappa shape index (κ2) is 10.7. The SMILES string of the molecule is C=CC(=O)N1CCC[C@@H](n2nc(-c3ccc(C(=O)Nc4cc(C(F)(F)F)ccn4)cc3)c3c2C(C#N)=CNC3)C1. The zero-order chi connectivity index (χ0) is 28.4. The molecule has 5 rings (SSSR count).